The molecule has 0 saturated carbocycles. The van der Waals surface area contributed by atoms with Crippen LogP contribution in [0.1, 0.15) is 303 Å². The summed E-state index contributed by atoms with van der Waals surface area (Å²) >= 11 is 0. The van der Waals surface area contributed by atoms with Crippen LogP contribution in [0.25, 0.3) is 0 Å². The summed E-state index contributed by atoms with van der Waals surface area (Å²) in [6, 6.07) is -0.853. The lowest BCUT2D eigenvalue weighted by Crippen LogP contribution is -2.61. The number of hydrogen-bond acceptors (Lipinski definition) is 10. The summed E-state index contributed by atoms with van der Waals surface area (Å²) in [4.78, 5) is 13.2. The van der Waals surface area contributed by atoms with E-state index in [1.165, 1.54) is 225 Å². The van der Waals surface area contributed by atoms with Crippen molar-refractivity contribution in [3.8, 4) is 0 Å². The van der Waals surface area contributed by atoms with Crippen LogP contribution in [-0.2, 0) is 28.9 Å². The van der Waals surface area contributed by atoms with E-state index in [1.807, 2.05) is 0 Å². The van der Waals surface area contributed by atoms with Crippen LogP contribution in [0.15, 0.2) is 0 Å². The van der Waals surface area contributed by atoms with Gasteiger partial charge in [0, 0.05) is 6.42 Å². The van der Waals surface area contributed by atoms with Crippen LogP contribution in [0, 0.1) is 0 Å². The monoisotopic (exact) mass is 1020 g/mol. The average Bonchev–Trinajstić information content (AvgIpc) is 3.33. The Bertz CT molecular complexity index is 1240. The fourth-order valence-corrected chi connectivity index (χ4v) is 10.6. The first kappa shape index (κ1) is 67.1. The fraction of sp³-hybridized carbons (Fsp3) is 0.982. The van der Waals surface area contributed by atoms with Gasteiger partial charge in [0.25, 0.3) is 0 Å². The summed E-state index contributed by atoms with van der Waals surface area (Å²) in [6.07, 6.45) is 46.8. The maximum absolute atomic E-state index is 13.2. The summed E-state index contributed by atoms with van der Waals surface area (Å²) < 4.78 is 48.0. The molecule has 1 fully saturated rings. The highest BCUT2D eigenvalue weighted by atomic mass is 32.3. The van der Waals surface area contributed by atoms with Gasteiger partial charge >= 0.3 is 10.4 Å². The van der Waals surface area contributed by atoms with Crippen molar-refractivity contribution in [3.05, 3.63) is 0 Å². The number of aliphatic hydroxyl groups is 4. The van der Waals surface area contributed by atoms with Crippen molar-refractivity contribution in [3.63, 3.8) is 0 Å². The number of carbonyl (C=O) groups excluding carboxylic acids is 1. The van der Waals surface area contributed by atoms with Crippen molar-refractivity contribution in [2.75, 3.05) is 13.2 Å². The van der Waals surface area contributed by atoms with Gasteiger partial charge in [-0.05, 0) is 12.8 Å². The molecule has 1 aliphatic rings. The second-order valence-electron chi connectivity index (χ2n) is 21.3. The molecule has 1 amide bonds. The van der Waals surface area contributed by atoms with Gasteiger partial charge in [0.15, 0.2) is 6.29 Å². The normalized spacial score (nSPS) is 19.4. The number of unbranched alkanes of at least 4 members (excludes halogenated alkanes) is 41. The zero-order valence-corrected chi connectivity index (χ0v) is 46.2. The lowest BCUT2D eigenvalue weighted by atomic mass is 9.99. The molecule has 0 aromatic heterocycles. The number of amides is 1. The summed E-state index contributed by atoms with van der Waals surface area (Å²) in [5.41, 5.74) is 0. The quantitative estimate of drug-likeness (QED) is 0.0251. The van der Waals surface area contributed by atoms with E-state index in [-0.39, 0.29) is 12.5 Å². The third-order valence-electron chi connectivity index (χ3n) is 14.7. The Balaban J connectivity index is 2.33. The van der Waals surface area contributed by atoms with Gasteiger partial charge in [-0.2, -0.15) is 8.42 Å². The number of nitrogens with one attached hydrogen (secondary N) is 1. The van der Waals surface area contributed by atoms with Gasteiger partial charge in [0.05, 0.1) is 25.4 Å². The molecule has 7 atom stereocenters. The molecule has 0 spiro atoms. The predicted molar refractivity (Wildman–Crippen MR) is 287 cm³/mol. The van der Waals surface area contributed by atoms with Crippen LogP contribution in [0.3, 0.4) is 0 Å². The van der Waals surface area contributed by atoms with Gasteiger partial charge in [0.1, 0.15) is 24.4 Å². The minimum Gasteiger partial charge on any atom is -0.394 e. The highest BCUT2D eigenvalue weighted by Crippen LogP contribution is 2.26. The van der Waals surface area contributed by atoms with E-state index in [1.54, 1.807) is 0 Å². The zero-order chi connectivity index (χ0) is 51.2. The van der Waals surface area contributed by atoms with Gasteiger partial charge in [0.2, 0.25) is 5.91 Å². The molecule has 1 aliphatic heterocycles. The number of ether oxygens (including phenoxy) is 2. The zero-order valence-electron chi connectivity index (χ0n) is 45.4. The van der Waals surface area contributed by atoms with E-state index >= 15 is 0 Å². The lowest BCUT2D eigenvalue weighted by molar-refractivity contribution is -0.298. The molecular formula is C57H113NO11S. The molecule has 0 aliphatic carbocycles. The van der Waals surface area contributed by atoms with E-state index in [2.05, 4.69) is 23.3 Å². The minimum absolute atomic E-state index is 0.221. The van der Waals surface area contributed by atoms with Crippen LogP contribution in [0.5, 0.6) is 0 Å². The summed E-state index contributed by atoms with van der Waals surface area (Å²) in [7, 11) is -5.08. The third kappa shape index (κ3) is 39.5. The molecule has 0 aromatic carbocycles. The van der Waals surface area contributed by atoms with Gasteiger partial charge in [-0.15, -0.1) is 0 Å². The molecule has 1 heterocycles. The van der Waals surface area contributed by atoms with Crippen LogP contribution in [0.4, 0.5) is 0 Å². The molecule has 6 N–H and O–H groups in total. The molecule has 0 bridgehead atoms. The standard InChI is InChI=1S/C57H113NO11S/c1-3-5-7-9-11-13-15-17-19-21-23-25-27-28-30-32-34-36-38-40-42-44-46-51(60)50(49-67-57-55(63)56(69-70(64,65)66)54(62)52(48-59)68-57)58-53(61)47-45-43-41-39-37-35-33-31-29-26-24-22-20-18-16-14-12-10-8-6-4-2/h50-52,54-57,59-60,62-63H,3-49H2,1-2H3,(H,58,61)(H,64,65,66). The first-order valence-electron chi connectivity index (χ1n) is 29.9. The smallest absolute Gasteiger partial charge is 0.394 e. The van der Waals surface area contributed by atoms with Crippen molar-refractivity contribution in [2.24, 2.45) is 0 Å². The third-order valence-corrected chi connectivity index (χ3v) is 15.1. The SMILES string of the molecule is CCCCCCCCCCCCCCCCCCCCCCCCC(O)C(COC1OC(CO)C(O)C(OS(=O)(=O)O)C1O)NC(=O)CCCCCCCCCCCCCCCCCCCCCCC. The highest BCUT2D eigenvalue weighted by molar-refractivity contribution is 7.80. The summed E-state index contributed by atoms with van der Waals surface area (Å²) in [5, 5.41) is 45.2. The number of hydrogen-bond donors (Lipinski definition) is 6. The van der Waals surface area contributed by atoms with E-state index in [4.69, 9.17) is 9.47 Å². The lowest BCUT2D eigenvalue weighted by Gasteiger charge is -2.41. The van der Waals surface area contributed by atoms with Gasteiger partial charge < -0.3 is 35.2 Å². The Morgan fingerprint density at radius 1 is 0.514 bits per heavy atom. The van der Waals surface area contributed by atoms with Gasteiger partial charge in [-0.1, -0.05) is 284 Å². The Labute approximate surface area is 430 Å². The van der Waals surface area contributed by atoms with E-state index in [0.29, 0.717) is 12.8 Å². The second-order valence-corrected chi connectivity index (χ2v) is 22.4. The van der Waals surface area contributed by atoms with Crippen LogP contribution in [-0.4, -0.2) is 95.4 Å². The second kappa shape index (κ2) is 47.8. The molecular weight excluding hydrogens is 907 g/mol. The first-order chi connectivity index (χ1) is 34.0. The van der Waals surface area contributed by atoms with Gasteiger partial charge in [-0.3, -0.25) is 9.35 Å². The summed E-state index contributed by atoms with van der Waals surface area (Å²) in [5.74, 6) is -0.221. The maximum Gasteiger partial charge on any atom is 0.397 e. The van der Waals surface area contributed by atoms with Crippen LogP contribution in [0.2, 0.25) is 0 Å². The number of aliphatic hydroxyl groups excluding tert-OH is 4. The van der Waals surface area contributed by atoms with E-state index in [0.717, 1.165) is 51.4 Å². The molecule has 70 heavy (non-hydrogen) atoms. The van der Waals surface area contributed by atoms with Crippen molar-refractivity contribution >= 4 is 16.3 Å². The molecule has 13 heteroatoms. The minimum atomic E-state index is -5.08. The predicted octanol–water partition coefficient (Wildman–Crippen LogP) is 14.1. The molecule has 0 radical (unpaired) electrons. The molecule has 12 nitrogen and oxygen atoms in total. The van der Waals surface area contributed by atoms with E-state index in [9.17, 15) is 38.2 Å². The van der Waals surface area contributed by atoms with Gasteiger partial charge in [-0.25, -0.2) is 4.18 Å². The topological polar surface area (TPSA) is 192 Å². The fourth-order valence-electron chi connectivity index (χ4n) is 10.1. The number of rotatable bonds is 53. The molecule has 1 rings (SSSR count). The Morgan fingerprint density at radius 2 is 0.829 bits per heavy atom. The van der Waals surface area contributed by atoms with Crippen molar-refractivity contribution in [1.29, 1.82) is 0 Å². The Hall–Kier alpha value is -0.900. The molecule has 7 unspecified atom stereocenters. The summed E-state index contributed by atoms with van der Waals surface area (Å²) in [6.45, 7) is 3.51. The Morgan fingerprint density at radius 3 is 1.14 bits per heavy atom. The highest BCUT2D eigenvalue weighted by Gasteiger charge is 2.48. The average molecular weight is 1020 g/mol. The molecule has 1 saturated heterocycles. The van der Waals surface area contributed by atoms with Crippen molar-refractivity contribution in [1.82, 2.24) is 5.32 Å². The van der Waals surface area contributed by atoms with Crippen molar-refractivity contribution in [2.45, 2.75) is 346 Å². The van der Waals surface area contributed by atoms with E-state index < -0.39 is 59.9 Å². The first-order valence-corrected chi connectivity index (χ1v) is 31.3. The van der Waals surface area contributed by atoms with Crippen LogP contribution >= 0.6 is 0 Å². The maximum atomic E-state index is 13.2. The Kier molecular flexibility index (Phi) is 45.8. The van der Waals surface area contributed by atoms with Crippen molar-refractivity contribution < 1.29 is 51.8 Å². The largest absolute Gasteiger partial charge is 0.397 e. The van der Waals surface area contributed by atoms with Crippen LogP contribution < -0.4 is 5.32 Å². The molecule has 418 valence electrons. The number of carbonyl (C=O) groups is 1. The molecule has 0 aromatic rings.